The molecule has 1 amide bonds. The fourth-order valence-corrected chi connectivity index (χ4v) is 1.85. The van der Waals surface area contributed by atoms with Crippen LogP contribution in [0.2, 0.25) is 0 Å². The van der Waals surface area contributed by atoms with Gasteiger partial charge >= 0.3 is 6.09 Å². The van der Waals surface area contributed by atoms with Crippen molar-refractivity contribution in [1.29, 1.82) is 0 Å². The van der Waals surface area contributed by atoms with E-state index in [1.165, 1.54) is 0 Å². The molecule has 0 aliphatic rings. The summed E-state index contributed by atoms with van der Waals surface area (Å²) in [6, 6.07) is 9.51. The molecule has 0 spiro atoms. The summed E-state index contributed by atoms with van der Waals surface area (Å²) in [4.78, 5) is 16.9. The minimum atomic E-state index is -0.483. The molecule has 0 saturated carbocycles. The molecule has 6 nitrogen and oxygen atoms in total. The Kier molecular flexibility index (Phi) is 8.43. The molecule has 0 unspecified atom stereocenters. The van der Waals surface area contributed by atoms with Gasteiger partial charge in [0.1, 0.15) is 11.7 Å². The standard InChI is InChI=1S/C17H28N2O4/c1-17(2,3)22-16(21)18-12-8-7-11-15(13-20)23-19-14-9-5-4-6-10-14/h4-6,9-10,15,19-20H,7-8,11-13H2,1-3H3,(H,18,21)/t15-/m0/s1. The van der Waals surface area contributed by atoms with Gasteiger partial charge < -0.3 is 15.2 Å². The zero-order chi connectivity index (χ0) is 17.1. The maximum Gasteiger partial charge on any atom is 0.407 e. The van der Waals surface area contributed by atoms with E-state index >= 15 is 0 Å². The van der Waals surface area contributed by atoms with Crippen molar-refractivity contribution < 1.29 is 19.5 Å². The zero-order valence-electron chi connectivity index (χ0n) is 14.2. The number of unbranched alkanes of at least 4 members (excludes halogenated alkanes) is 1. The van der Waals surface area contributed by atoms with Gasteiger partial charge in [-0.1, -0.05) is 18.2 Å². The molecule has 0 saturated heterocycles. The normalized spacial score (nSPS) is 12.5. The van der Waals surface area contributed by atoms with Gasteiger partial charge in [0.05, 0.1) is 12.3 Å². The van der Waals surface area contributed by atoms with Gasteiger partial charge in [0.2, 0.25) is 0 Å². The van der Waals surface area contributed by atoms with E-state index in [0.29, 0.717) is 13.0 Å². The van der Waals surface area contributed by atoms with E-state index < -0.39 is 11.7 Å². The van der Waals surface area contributed by atoms with Gasteiger partial charge in [-0.15, -0.1) is 0 Å². The highest BCUT2D eigenvalue weighted by atomic mass is 16.7. The molecule has 0 aromatic heterocycles. The number of aliphatic hydroxyl groups is 1. The Labute approximate surface area is 138 Å². The summed E-state index contributed by atoms with van der Waals surface area (Å²) < 4.78 is 5.15. The summed E-state index contributed by atoms with van der Waals surface area (Å²) in [6.07, 6.45) is 1.64. The first kappa shape index (κ1) is 19.3. The lowest BCUT2D eigenvalue weighted by Crippen LogP contribution is -2.33. The van der Waals surface area contributed by atoms with Crippen LogP contribution in [0.25, 0.3) is 0 Å². The molecular weight excluding hydrogens is 296 g/mol. The van der Waals surface area contributed by atoms with Crippen LogP contribution >= 0.6 is 0 Å². The first-order chi connectivity index (χ1) is 10.9. The number of para-hydroxylation sites is 1. The van der Waals surface area contributed by atoms with Crippen LogP contribution in [0.5, 0.6) is 0 Å². The average molecular weight is 324 g/mol. The number of benzene rings is 1. The summed E-state index contributed by atoms with van der Waals surface area (Å²) in [5.74, 6) is 0. The van der Waals surface area contributed by atoms with Crippen LogP contribution in [0.3, 0.4) is 0 Å². The molecule has 6 heteroatoms. The minimum Gasteiger partial charge on any atom is -0.444 e. The Bertz CT molecular complexity index is 446. The molecule has 130 valence electrons. The van der Waals surface area contributed by atoms with E-state index in [0.717, 1.165) is 18.5 Å². The predicted molar refractivity (Wildman–Crippen MR) is 90.1 cm³/mol. The number of aliphatic hydroxyl groups excluding tert-OH is 1. The summed E-state index contributed by atoms with van der Waals surface area (Å²) >= 11 is 0. The zero-order valence-corrected chi connectivity index (χ0v) is 14.2. The Hall–Kier alpha value is -1.79. The van der Waals surface area contributed by atoms with Gasteiger partial charge in [-0.05, 0) is 52.2 Å². The number of nitrogens with one attached hydrogen (secondary N) is 2. The lowest BCUT2D eigenvalue weighted by atomic mass is 10.1. The number of alkyl carbamates (subject to hydrolysis) is 1. The van der Waals surface area contributed by atoms with Crippen molar-refractivity contribution >= 4 is 11.8 Å². The number of hydrogen-bond acceptors (Lipinski definition) is 5. The molecule has 0 radical (unpaired) electrons. The summed E-state index contributed by atoms with van der Waals surface area (Å²) in [5.41, 5.74) is 3.19. The van der Waals surface area contributed by atoms with Crippen LogP contribution in [0, 0.1) is 0 Å². The highest BCUT2D eigenvalue weighted by Crippen LogP contribution is 2.10. The number of ether oxygens (including phenoxy) is 1. The van der Waals surface area contributed by atoms with Crippen LogP contribution in [0.15, 0.2) is 30.3 Å². The molecule has 1 aromatic rings. The number of carbonyl (C=O) groups excluding carboxylic acids is 1. The molecule has 3 N–H and O–H groups in total. The van der Waals surface area contributed by atoms with Gasteiger partial charge in [0.15, 0.2) is 0 Å². The van der Waals surface area contributed by atoms with Crippen LogP contribution in [0.1, 0.15) is 40.0 Å². The summed E-state index contributed by atoms with van der Waals surface area (Å²) in [7, 11) is 0. The molecule has 0 fully saturated rings. The first-order valence-electron chi connectivity index (χ1n) is 7.95. The van der Waals surface area contributed by atoms with Gasteiger partial charge in [-0.2, -0.15) is 0 Å². The van der Waals surface area contributed by atoms with Gasteiger partial charge in [-0.3, -0.25) is 10.3 Å². The van der Waals surface area contributed by atoms with Crippen LogP contribution in [-0.2, 0) is 9.57 Å². The van der Waals surface area contributed by atoms with Crippen molar-refractivity contribution in [3.05, 3.63) is 30.3 Å². The molecule has 0 aliphatic heterocycles. The van der Waals surface area contributed by atoms with E-state index in [2.05, 4.69) is 10.8 Å². The molecule has 0 aliphatic carbocycles. The first-order valence-corrected chi connectivity index (χ1v) is 7.95. The molecule has 1 atom stereocenters. The maximum atomic E-state index is 11.5. The van der Waals surface area contributed by atoms with E-state index in [1.54, 1.807) is 0 Å². The second-order valence-corrected chi connectivity index (χ2v) is 6.31. The lowest BCUT2D eigenvalue weighted by Gasteiger charge is -2.20. The van der Waals surface area contributed by atoms with Crippen LogP contribution < -0.4 is 10.8 Å². The molecule has 23 heavy (non-hydrogen) atoms. The Morgan fingerprint density at radius 1 is 1.22 bits per heavy atom. The number of rotatable bonds is 9. The largest absolute Gasteiger partial charge is 0.444 e. The number of amides is 1. The van der Waals surface area contributed by atoms with Crippen molar-refractivity contribution in [3.8, 4) is 0 Å². The van der Waals surface area contributed by atoms with E-state index in [1.807, 2.05) is 51.1 Å². The Morgan fingerprint density at radius 2 is 1.91 bits per heavy atom. The topological polar surface area (TPSA) is 79.8 Å². The second kappa shape index (κ2) is 10.1. The van der Waals surface area contributed by atoms with Gasteiger partial charge in [0, 0.05) is 6.54 Å². The minimum absolute atomic E-state index is 0.0562. The summed E-state index contributed by atoms with van der Waals surface area (Å²) in [6.45, 7) is 5.97. The van der Waals surface area contributed by atoms with Crippen molar-refractivity contribution in [2.75, 3.05) is 18.6 Å². The van der Waals surface area contributed by atoms with Crippen molar-refractivity contribution in [2.45, 2.75) is 51.7 Å². The molecule has 1 rings (SSSR count). The maximum absolute atomic E-state index is 11.5. The van der Waals surface area contributed by atoms with Crippen molar-refractivity contribution in [2.24, 2.45) is 0 Å². The number of anilines is 1. The van der Waals surface area contributed by atoms with Crippen molar-refractivity contribution in [1.82, 2.24) is 5.32 Å². The van der Waals surface area contributed by atoms with Gasteiger partial charge in [0.25, 0.3) is 0 Å². The summed E-state index contributed by atoms with van der Waals surface area (Å²) in [5, 5.41) is 12.0. The highest BCUT2D eigenvalue weighted by molar-refractivity contribution is 5.67. The molecule has 1 aromatic carbocycles. The Morgan fingerprint density at radius 3 is 2.52 bits per heavy atom. The Balaban J connectivity index is 2.12. The van der Waals surface area contributed by atoms with Gasteiger partial charge in [-0.25, -0.2) is 4.79 Å². The third-order valence-corrected chi connectivity index (χ3v) is 2.94. The van der Waals surface area contributed by atoms with E-state index in [-0.39, 0.29) is 12.7 Å². The van der Waals surface area contributed by atoms with Crippen molar-refractivity contribution in [3.63, 3.8) is 0 Å². The third-order valence-electron chi connectivity index (χ3n) is 2.94. The van der Waals surface area contributed by atoms with Crippen LogP contribution in [-0.4, -0.2) is 36.1 Å². The number of carbonyl (C=O) groups is 1. The quantitative estimate of drug-likeness (QED) is 0.480. The molecule has 0 bridgehead atoms. The van der Waals surface area contributed by atoms with E-state index in [4.69, 9.17) is 9.57 Å². The average Bonchev–Trinajstić information content (AvgIpc) is 2.49. The van der Waals surface area contributed by atoms with Crippen LogP contribution in [0.4, 0.5) is 10.5 Å². The third kappa shape index (κ3) is 9.76. The monoisotopic (exact) mass is 324 g/mol. The SMILES string of the molecule is CC(C)(C)OC(=O)NCCCC[C@@H](CO)ONc1ccccc1. The second-order valence-electron chi connectivity index (χ2n) is 6.31. The molecule has 0 heterocycles. The fourth-order valence-electron chi connectivity index (χ4n) is 1.85. The highest BCUT2D eigenvalue weighted by Gasteiger charge is 2.15. The van der Waals surface area contributed by atoms with E-state index in [9.17, 15) is 9.90 Å². The smallest absolute Gasteiger partial charge is 0.407 e. The molecular formula is C17H28N2O4. The fraction of sp³-hybridized carbons (Fsp3) is 0.588. The predicted octanol–water partition coefficient (Wildman–Crippen LogP) is 3.09. The lowest BCUT2D eigenvalue weighted by molar-refractivity contribution is 0.0394. The number of hydrogen-bond donors (Lipinski definition) is 3.